The largest absolute Gasteiger partial charge is 0.462 e. The maximum absolute atomic E-state index is 13.6. The SMILES string of the molecule is CC(C)OC(=O)CSc1nnc(Cc2ccccc2F)n1N. The van der Waals surface area contributed by atoms with Crippen LogP contribution in [0.5, 0.6) is 0 Å². The summed E-state index contributed by atoms with van der Waals surface area (Å²) < 4.78 is 19.9. The van der Waals surface area contributed by atoms with Crippen molar-refractivity contribution in [1.29, 1.82) is 0 Å². The first-order chi connectivity index (χ1) is 10.5. The number of halogens is 1. The van der Waals surface area contributed by atoms with Crippen LogP contribution in [0.1, 0.15) is 25.2 Å². The second-order valence-electron chi connectivity index (χ2n) is 4.86. The fourth-order valence-corrected chi connectivity index (χ4v) is 2.42. The minimum Gasteiger partial charge on any atom is -0.462 e. The van der Waals surface area contributed by atoms with Crippen molar-refractivity contribution in [3.63, 3.8) is 0 Å². The van der Waals surface area contributed by atoms with Crippen LogP contribution in [0.15, 0.2) is 29.4 Å². The second kappa shape index (κ2) is 7.26. The van der Waals surface area contributed by atoms with Crippen LogP contribution in [-0.2, 0) is 16.0 Å². The van der Waals surface area contributed by atoms with Crippen molar-refractivity contribution in [3.8, 4) is 0 Å². The predicted octanol–water partition coefficient (Wildman–Crippen LogP) is 1.77. The summed E-state index contributed by atoms with van der Waals surface area (Å²) in [5, 5.41) is 8.23. The maximum Gasteiger partial charge on any atom is 0.316 e. The Morgan fingerprint density at radius 3 is 2.82 bits per heavy atom. The molecule has 1 aromatic heterocycles. The number of nitrogen functional groups attached to an aromatic ring is 1. The minimum absolute atomic E-state index is 0.0905. The van der Waals surface area contributed by atoms with Crippen molar-refractivity contribution < 1.29 is 13.9 Å². The summed E-state index contributed by atoms with van der Waals surface area (Å²) in [6.45, 7) is 3.56. The van der Waals surface area contributed by atoms with Gasteiger partial charge < -0.3 is 10.6 Å². The number of aromatic nitrogens is 3. The lowest BCUT2D eigenvalue weighted by Gasteiger charge is -2.07. The summed E-state index contributed by atoms with van der Waals surface area (Å²) >= 11 is 1.13. The van der Waals surface area contributed by atoms with Gasteiger partial charge in [0.05, 0.1) is 11.9 Å². The molecule has 0 amide bonds. The summed E-state index contributed by atoms with van der Waals surface area (Å²) in [7, 11) is 0. The highest BCUT2D eigenvalue weighted by Gasteiger charge is 2.15. The number of nitrogens with two attached hydrogens (primary N) is 1. The van der Waals surface area contributed by atoms with Crippen LogP contribution >= 0.6 is 11.8 Å². The molecule has 0 bridgehead atoms. The smallest absolute Gasteiger partial charge is 0.316 e. The van der Waals surface area contributed by atoms with Gasteiger partial charge in [-0.25, -0.2) is 9.07 Å². The van der Waals surface area contributed by atoms with E-state index in [-0.39, 0.29) is 30.1 Å². The maximum atomic E-state index is 13.6. The number of thioether (sulfide) groups is 1. The van der Waals surface area contributed by atoms with Gasteiger partial charge in [0.2, 0.25) is 5.16 Å². The Morgan fingerprint density at radius 2 is 2.14 bits per heavy atom. The minimum atomic E-state index is -0.348. The lowest BCUT2D eigenvalue weighted by Crippen LogP contribution is -2.17. The summed E-state index contributed by atoms with van der Waals surface area (Å²) in [5.74, 6) is 5.73. The monoisotopic (exact) mass is 324 g/mol. The molecule has 6 nitrogen and oxygen atoms in total. The van der Waals surface area contributed by atoms with Gasteiger partial charge in [0, 0.05) is 6.42 Å². The quantitative estimate of drug-likeness (QED) is 0.495. The predicted molar refractivity (Wildman–Crippen MR) is 81.3 cm³/mol. The lowest BCUT2D eigenvalue weighted by atomic mass is 10.1. The molecule has 2 rings (SSSR count). The molecule has 0 unspecified atom stereocenters. The first-order valence-electron chi connectivity index (χ1n) is 6.72. The van der Waals surface area contributed by atoms with E-state index in [1.807, 2.05) is 0 Å². The number of hydrogen-bond donors (Lipinski definition) is 1. The van der Waals surface area contributed by atoms with Crippen molar-refractivity contribution in [2.75, 3.05) is 11.6 Å². The molecule has 0 aliphatic rings. The van der Waals surface area contributed by atoms with Crippen LogP contribution in [0, 0.1) is 5.82 Å². The van der Waals surface area contributed by atoms with Crippen LogP contribution in [-0.4, -0.2) is 32.7 Å². The zero-order chi connectivity index (χ0) is 16.1. The van der Waals surface area contributed by atoms with Gasteiger partial charge in [-0.3, -0.25) is 4.79 Å². The van der Waals surface area contributed by atoms with E-state index < -0.39 is 0 Å². The van der Waals surface area contributed by atoms with E-state index in [0.717, 1.165) is 11.8 Å². The molecule has 0 saturated heterocycles. The van der Waals surface area contributed by atoms with Crippen molar-refractivity contribution in [2.24, 2.45) is 0 Å². The average Bonchev–Trinajstić information content (AvgIpc) is 2.79. The number of hydrogen-bond acceptors (Lipinski definition) is 6. The average molecular weight is 324 g/mol. The van der Waals surface area contributed by atoms with E-state index in [9.17, 15) is 9.18 Å². The third-order valence-corrected chi connectivity index (χ3v) is 3.64. The molecular formula is C14H17FN4O2S. The fourth-order valence-electron chi connectivity index (χ4n) is 1.76. The Hall–Kier alpha value is -2.09. The molecule has 0 saturated carbocycles. The number of ether oxygens (including phenoxy) is 1. The highest BCUT2D eigenvalue weighted by atomic mass is 32.2. The molecule has 2 N–H and O–H groups in total. The molecule has 0 radical (unpaired) electrons. The van der Waals surface area contributed by atoms with Gasteiger partial charge >= 0.3 is 5.97 Å². The van der Waals surface area contributed by atoms with Crippen LogP contribution in [0.25, 0.3) is 0 Å². The molecular weight excluding hydrogens is 307 g/mol. The fraction of sp³-hybridized carbons (Fsp3) is 0.357. The highest BCUT2D eigenvalue weighted by molar-refractivity contribution is 7.99. The van der Waals surface area contributed by atoms with Gasteiger partial charge in [0.25, 0.3) is 0 Å². The Kier molecular flexibility index (Phi) is 5.37. The molecule has 0 fully saturated rings. The topological polar surface area (TPSA) is 83.0 Å². The number of rotatable bonds is 6. The van der Waals surface area contributed by atoms with E-state index in [4.69, 9.17) is 10.6 Å². The Morgan fingerprint density at radius 1 is 1.41 bits per heavy atom. The van der Waals surface area contributed by atoms with Gasteiger partial charge in [0.15, 0.2) is 5.82 Å². The standard InChI is InChI=1S/C14H17FN4O2S/c1-9(2)21-13(20)8-22-14-18-17-12(19(14)16)7-10-5-3-4-6-11(10)15/h3-6,9H,7-8,16H2,1-2H3. The Bertz CT molecular complexity index is 660. The number of esters is 1. The lowest BCUT2D eigenvalue weighted by molar-refractivity contribution is -0.144. The Labute approximate surface area is 131 Å². The van der Waals surface area contributed by atoms with Crippen LogP contribution < -0.4 is 5.84 Å². The van der Waals surface area contributed by atoms with Gasteiger partial charge in [0.1, 0.15) is 5.82 Å². The number of nitrogens with zero attached hydrogens (tertiary/aromatic N) is 3. The van der Waals surface area contributed by atoms with Crippen molar-refractivity contribution in [2.45, 2.75) is 31.5 Å². The normalized spacial score (nSPS) is 10.9. The third-order valence-electron chi connectivity index (χ3n) is 2.73. The van der Waals surface area contributed by atoms with E-state index in [1.54, 1.807) is 32.0 Å². The van der Waals surface area contributed by atoms with E-state index in [1.165, 1.54) is 10.7 Å². The van der Waals surface area contributed by atoms with Gasteiger partial charge in [-0.1, -0.05) is 30.0 Å². The summed E-state index contributed by atoms with van der Waals surface area (Å²) in [5.41, 5.74) is 0.484. The molecule has 0 spiro atoms. The molecule has 2 aromatic rings. The van der Waals surface area contributed by atoms with Crippen molar-refractivity contribution in [3.05, 3.63) is 41.5 Å². The van der Waals surface area contributed by atoms with E-state index in [0.29, 0.717) is 16.5 Å². The van der Waals surface area contributed by atoms with E-state index in [2.05, 4.69) is 10.2 Å². The summed E-state index contributed by atoms with van der Waals surface area (Å²) in [4.78, 5) is 11.5. The van der Waals surface area contributed by atoms with Crippen molar-refractivity contribution in [1.82, 2.24) is 14.9 Å². The van der Waals surface area contributed by atoms with Crippen LogP contribution in [0.3, 0.4) is 0 Å². The highest BCUT2D eigenvalue weighted by Crippen LogP contribution is 2.17. The van der Waals surface area contributed by atoms with Crippen LogP contribution in [0.4, 0.5) is 4.39 Å². The molecule has 0 aliphatic carbocycles. The van der Waals surface area contributed by atoms with Gasteiger partial charge in [-0.2, -0.15) is 0 Å². The number of benzene rings is 1. The third kappa shape index (κ3) is 4.20. The molecule has 0 atom stereocenters. The second-order valence-corrected chi connectivity index (χ2v) is 5.81. The molecule has 1 aromatic carbocycles. The molecule has 1 heterocycles. The molecule has 22 heavy (non-hydrogen) atoms. The van der Waals surface area contributed by atoms with Crippen LogP contribution in [0.2, 0.25) is 0 Å². The summed E-state index contributed by atoms with van der Waals surface area (Å²) in [6.07, 6.45) is 0.0631. The van der Waals surface area contributed by atoms with Crippen molar-refractivity contribution >= 4 is 17.7 Å². The van der Waals surface area contributed by atoms with Gasteiger partial charge in [-0.15, -0.1) is 10.2 Å². The number of carbonyl (C=O) groups excluding carboxylic acids is 1. The molecule has 8 heteroatoms. The zero-order valence-corrected chi connectivity index (χ0v) is 13.1. The van der Waals surface area contributed by atoms with Gasteiger partial charge in [-0.05, 0) is 25.5 Å². The first-order valence-corrected chi connectivity index (χ1v) is 7.71. The van der Waals surface area contributed by atoms with E-state index >= 15 is 0 Å². The molecule has 118 valence electrons. The summed E-state index contributed by atoms with van der Waals surface area (Å²) in [6, 6.07) is 6.40. The first kappa shape index (κ1) is 16.3. The zero-order valence-electron chi connectivity index (χ0n) is 12.3. The number of carbonyl (C=O) groups is 1. The Balaban J connectivity index is 2.01. The molecule has 0 aliphatic heterocycles.